The Morgan fingerprint density at radius 3 is 2.22 bits per heavy atom. The van der Waals surface area contributed by atoms with Crippen molar-refractivity contribution in [2.75, 3.05) is 47.9 Å². The number of hydrogen-bond donors (Lipinski definition) is 1. The third-order valence-corrected chi connectivity index (χ3v) is 4.30. The Bertz CT molecular complexity index is 505. The van der Waals surface area contributed by atoms with E-state index in [1.807, 2.05) is 12.1 Å². The van der Waals surface area contributed by atoms with Crippen molar-refractivity contribution in [1.29, 1.82) is 0 Å². The molecule has 0 aliphatic carbocycles. The lowest BCUT2D eigenvalue weighted by Gasteiger charge is -2.22. The van der Waals surface area contributed by atoms with E-state index in [0.717, 1.165) is 37.8 Å². The first-order valence-electron chi connectivity index (χ1n) is 9.84. The molecule has 0 aliphatic rings. The molecule has 0 unspecified atom stereocenters. The van der Waals surface area contributed by atoms with Gasteiger partial charge in [-0.3, -0.25) is 4.99 Å². The van der Waals surface area contributed by atoms with Crippen molar-refractivity contribution in [3.05, 3.63) is 29.8 Å². The van der Waals surface area contributed by atoms with Crippen LogP contribution in [0.15, 0.2) is 29.3 Å². The van der Waals surface area contributed by atoms with Crippen LogP contribution in [0.25, 0.3) is 0 Å². The molecule has 0 spiro atoms. The molecule has 0 fully saturated rings. The number of nitrogens with one attached hydrogen (secondary N) is 1. The summed E-state index contributed by atoms with van der Waals surface area (Å²) in [7, 11) is 8.06. The van der Waals surface area contributed by atoms with E-state index in [-0.39, 0.29) is 24.0 Å². The van der Waals surface area contributed by atoms with E-state index in [1.165, 1.54) is 37.8 Å². The molecular formula is C21H39IN4O. The predicted octanol–water partition coefficient (Wildman–Crippen LogP) is 4.22. The number of nitrogens with zero attached hydrogens (tertiary/aromatic N) is 3. The van der Waals surface area contributed by atoms with Gasteiger partial charge in [0.05, 0.1) is 7.11 Å². The van der Waals surface area contributed by atoms with Crippen LogP contribution in [0.4, 0.5) is 0 Å². The number of aliphatic imine (C=N–C) groups is 1. The number of halogens is 1. The average molecular weight is 490 g/mol. The van der Waals surface area contributed by atoms with Crippen LogP contribution in [0.5, 0.6) is 5.75 Å². The molecular weight excluding hydrogens is 451 g/mol. The third kappa shape index (κ3) is 12.1. The number of rotatable bonds is 12. The molecule has 6 heteroatoms. The van der Waals surface area contributed by atoms with Gasteiger partial charge < -0.3 is 19.9 Å². The minimum atomic E-state index is 0. The zero-order valence-corrected chi connectivity index (χ0v) is 20.2. The molecule has 0 aliphatic heterocycles. The largest absolute Gasteiger partial charge is 0.497 e. The summed E-state index contributed by atoms with van der Waals surface area (Å²) in [6, 6.07) is 8.21. The summed E-state index contributed by atoms with van der Waals surface area (Å²) in [4.78, 5) is 9.23. The predicted molar refractivity (Wildman–Crippen MR) is 127 cm³/mol. The maximum absolute atomic E-state index is 5.22. The average Bonchev–Trinajstić information content (AvgIpc) is 2.63. The zero-order valence-electron chi connectivity index (χ0n) is 17.8. The van der Waals surface area contributed by atoms with Crippen LogP contribution < -0.4 is 10.1 Å². The molecule has 0 aromatic heterocycles. The summed E-state index contributed by atoms with van der Waals surface area (Å²) in [6.45, 7) is 5.92. The van der Waals surface area contributed by atoms with E-state index in [2.05, 4.69) is 55.3 Å². The van der Waals surface area contributed by atoms with Crippen molar-refractivity contribution in [3.8, 4) is 5.75 Å². The lowest BCUT2D eigenvalue weighted by atomic mass is 10.1. The van der Waals surface area contributed by atoms with Gasteiger partial charge in [-0.25, -0.2) is 0 Å². The molecule has 1 rings (SSSR count). The van der Waals surface area contributed by atoms with Crippen molar-refractivity contribution in [2.45, 2.75) is 45.6 Å². The van der Waals surface area contributed by atoms with Crippen LogP contribution in [0.1, 0.15) is 44.6 Å². The molecule has 1 N–H and O–H groups in total. The normalized spacial score (nSPS) is 11.3. The molecule has 0 saturated heterocycles. The minimum absolute atomic E-state index is 0. The van der Waals surface area contributed by atoms with Gasteiger partial charge in [-0.1, -0.05) is 31.4 Å². The lowest BCUT2D eigenvalue weighted by Crippen LogP contribution is -2.38. The van der Waals surface area contributed by atoms with Crippen LogP contribution in [0, 0.1) is 0 Å². The SMILES string of the molecule is CCNC(=NCCCCCCCN(C)C)N(C)Cc1ccc(OC)cc1.I. The Morgan fingerprint density at radius 1 is 1.00 bits per heavy atom. The second-order valence-corrected chi connectivity index (χ2v) is 7.01. The Kier molecular flexibility index (Phi) is 15.4. The van der Waals surface area contributed by atoms with Gasteiger partial charge in [0.25, 0.3) is 0 Å². The van der Waals surface area contributed by atoms with Crippen LogP contribution in [0.2, 0.25) is 0 Å². The maximum Gasteiger partial charge on any atom is 0.193 e. The van der Waals surface area contributed by atoms with E-state index >= 15 is 0 Å². The van der Waals surface area contributed by atoms with E-state index in [1.54, 1.807) is 7.11 Å². The zero-order chi connectivity index (χ0) is 19.2. The van der Waals surface area contributed by atoms with Crippen molar-refractivity contribution >= 4 is 29.9 Å². The standard InChI is InChI=1S/C21H38N4O.HI/c1-6-22-21(23-16-10-8-7-9-11-17-24(2)3)25(4)18-19-12-14-20(26-5)15-13-19;/h12-15H,6-11,16-18H2,1-5H3,(H,22,23);1H. The second kappa shape index (κ2) is 16.0. The number of unbranched alkanes of at least 4 members (excludes halogenated alkanes) is 4. The molecule has 0 amide bonds. The molecule has 156 valence electrons. The summed E-state index contributed by atoms with van der Waals surface area (Å²) in [5.41, 5.74) is 1.25. The molecule has 0 bridgehead atoms. The van der Waals surface area contributed by atoms with Crippen molar-refractivity contribution in [2.24, 2.45) is 4.99 Å². The van der Waals surface area contributed by atoms with Crippen molar-refractivity contribution < 1.29 is 4.74 Å². The van der Waals surface area contributed by atoms with Gasteiger partial charge in [0.15, 0.2) is 5.96 Å². The third-order valence-electron chi connectivity index (χ3n) is 4.30. The van der Waals surface area contributed by atoms with Crippen LogP contribution >= 0.6 is 24.0 Å². The topological polar surface area (TPSA) is 40.1 Å². The quantitative estimate of drug-likeness (QED) is 0.206. The van der Waals surface area contributed by atoms with E-state index in [4.69, 9.17) is 9.73 Å². The van der Waals surface area contributed by atoms with Crippen molar-refractivity contribution in [1.82, 2.24) is 15.1 Å². The van der Waals surface area contributed by atoms with Gasteiger partial charge in [-0.2, -0.15) is 0 Å². The fourth-order valence-corrected chi connectivity index (χ4v) is 2.80. The Morgan fingerprint density at radius 2 is 1.63 bits per heavy atom. The second-order valence-electron chi connectivity index (χ2n) is 7.01. The number of ether oxygens (including phenoxy) is 1. The first-order valence-corrected chi connectivity index (χ1v) is 9.84. The van der Waals surface area contributed by atoms with Gasteiger partial charge in [0.2, 0.25) is 0 Å². The molecule has 0 heterocycles. The van der Waals surface area contributed by atoms with Gasteiger partial charge in [0.1, 0.15) is 5.75 Å². The molecule has 5 nitrogen and oxygen atoms in total. The smallest absolute Gasteiger partial charge is 0.193 e. The first kappa shape index (κ1) is 26.0. The Hall–Kier alpha value is -1.02. The summed E-state index contributed by atoms with van der Waals surface area (Å²) in [6.07, 6.45) is 6.34. The number of benzene rings is 1. The summed E-state index contributed by atoms with van der Waals surface area (Å²) < 4.78 is 5.22. The van der Waals surface area contributed by atoms with E-state index in [0.29, 0.717) is 0 Å². The fraction of sp³-hybridized carbons (Fsp3) is 0.667. The summed E-state index contributed by atoms with van der Waals surface area (Å²) in [5.74, 6) is 1.87. The molecule has 0 radical (unpaired) electrons. The number of guanidine groups is 1. The summed E-state index contributed by atoms with van der Waals surface area (Å²) in [5, 5.41) is 3.39. The van der Waals surface area contributed by atoms with Crippen LogP contribution in [0.3, 0.4) is 0 Å². The van der Waals surface area contributed by atoms with Gasteiger partial charge >= 0.3 is 0 Å². The van der Waals surface area contributed by atoms with Gasteiger partial charge in [0, 0.05) is 26.7 Å². The Labute approximate surface area is 183 Å². The van der Waals surface area contributed by atoms with Gasteiger partial charge in [-0.15, -0.1) is 24.0 Å². The highest BCUT2D eigenvalue weighted by atomic mass is 127. The highest BCUT2D eigenvalue weighted by molar-refractivity contribution is 14.0. The Balaban J connectivity index is 0.00000676. The molecule has 0 atom stereocenters. The molecule has 0 saturated carbocycles. The highest BCUT2D eigenvalue weighted by Crippen LogP contribution is 2.12. The molecule has 27 heavy (non-hydrogen) atoms. The van der Waals surface area contributed by atoms with E-state index in [9.17, 15) is 0 Å². The lowest BCUT2D eigenvalue weighted by molar-refractivity contribution is 0.390. The maximum atomic E-state index is 5.22. The summed E-state index contributed by atoms with van der Waals surface area (Å²) >= 11 is 0. The minimum Gasteiger partial charge on any atom is -0.497 e. The number of hydrogen-bond acceptors (Lipinski definition) is 3. The van der Waals surface area contributed by atoms with Crippen LogP contribution in [-0.4, -0.2) is 63.6 Å². The van der Waals surface area contributed by atoms with Crippen LogP contribution in [-0.2, 0) is 6.54 Å². The highest BCUT2D eigenvalue weighted by Gasteiger charge is 2.06. The monoisotopic (exact) mass is 490 g/mol. The molecule has 1 aromatic rings. The van der Waals surface area contributed by atoms with Crippen molar-refractivity contribution in [3.63, 3.8) is 0 Å². The number of methoxy groups -OCH3 is 1. The van der Waals surface area contributed by atoms with Gasteiger partial charge in [-0.05, 0) is 58.1 Å². The van der Waals surface area contributed by atoms with E-state index < -0.39 is 0 Å². The fourth-order valence-electron chi connectivity index (χ4n) is 2.80. The molecule has 1 aromatic carbocycles. The first-order chi connectivity index (χ1) is 12.6.